The van der Waals surface area contributed by atoms with Gasteiger partial charge in [0.05, 0.1) is 12.3 Å². The van der Waals surface area contributed by atoms with Crippen molar-refractivity contribution in [3.8, 4) is 5.69 Å². The van der Waals surface area contributed by atoms with Crippen molar-refractivity contribution in [1.82, 2.24) is 20.3 Å². The maximum Gasteiger partial charge on any atom is 0.273 e. The lowest BCUT2D eigenvalue weighted by atomic mass is 10.3. The zero-order valence-corrected chi connectivity index (χ0v) is 11.1. The van der Waals surface area contributed by atoms with Crippen LogP contribution in [0.2, 0.25) is 5.02 Å². The molecule has 0 fully saturated rings. The number of amides is 1. The molecule has 1 aromatic heterocycles. The Morgan fingerprint density at radius 1 is 1.37 bits per heavy atom. The Kier molecular flexibility index (Phi) is 4.13. The van der Waals surface area contributed by atoms with Gasteiger partial charge in [0.1, 0.15) is 5.69 Å². The molecule has 0 bridgehead atoms. The monoisotopic (exact) mass is 280 g/mol. The van der Waals surface area contributed by atoms with E-state index in [0.29, 0.717) is 17.3 Å². The highest BCUT2D eigenvalue weighted by molar-refractivity contribution is 6.30. The molecule has 2 aromatic rings. The molecule has 19 heavy (non-hydrogen) atoms. The molecule has 0 spiro atoms. The van der Waals surface area contributed by atoms with Gasteiger partial charge in [-0.25, -0.2) is 0 Å². The van der Waals surface area contributed by atoms with Crippen LogP contribution in [0.1, 0.15) is 23.1 Å². The van der Waals surface area contributed by atoms with E-state index >= 15 is 0 Å². The topological polar surface area (TPSA) is 80.0 Å². The van der Waals surface area contributed by atoms with Crippen molar-refractivity contribution < 1.29 is 9.90 Å². The van der Waals surface area contributed by atoms with Crippen molar-refractivity contribution in [2.75, 3.05) is 6.54 Å². The fraction of sp³-hybridized carbons (Fsp3) is 0.250. The van der Waals surface area contributed by atoms with E-state index in [0.717, 1.165) is 0 Å². The first-order valence-corrected chi connectivity index (χ1v) is 6.14. The van der Waals surface area contributed by atoms with Gasteiger partial charge in [-0.3, -0.25) is 4.79 Å². The minimum atomic E-state index is -0.355. The van der Waals surface area contributed by atoms with Crippen LogP contribution in [-0.4, -0.2) is 32.6 Å². The molecule has 0 aliphatic heterocycles. The number of nitrogens with zero attached hydrogens (tertiary/aromatic N) is 3. The normalized spacial score (nSPS) is 10.5. The van der Waals surface area contributed by atoms with E-state index in [9.17, 15) is 9.90 Å². The van der Waals surface area contributed by atoms with E-state index in [1.54, 1.807) is 31.2 Å². The molecule has 1 amide bonds. The number of aromatic nitrogens is 3. The molecule has 0 aliphatic carbocycles. The summed E-state index contributed by atoms with van der Waals surface area (Å²) in [4.78, 5) is 13.1. The molecular formula is C12H13ClN4O2. The maximum atomic E-state index is 11.8. The van der Waals surface area contributed by atoms with Crippen LogP contribution in [0, 0.1) is 0 Å². The van der Waals surface area contributed by atoms with Gasteiger partial charge in [0.25, 0.3) is 5.91 Å². The largest absolute Gasteiger partial charge is 0.390 e. The van der Waals surface area contributed by atoms with E-state index < -0.39 is 0 Å². The first-order chi connectivity index (χ1) is 9.15. The van der Waals surface area contributed by atoms with Gasteiger partial charge in [-0.1, -0.05) is 11.6 Å². The number of halogens is 1. The number of carbonyl (C=O) groups excluding carboxylic acids is 1. The Labute approximate surface area is 115 Å². The van der Waals surface area contributed by atoms with Gasteiger partial charge >= 0.3 is 0 Å². The second-order valence-corrected chi connectivity index (χ2v) is 4.22. The molecule has 0 saturated carbocycles. The summed E-state index contributed by atoms with van der Waals surface area (Å²) >= 11 is 5.80. The SMILES string of the molecule is CCNC(=O)c1nn(-c2ccc(Cl)cc2)nc1CO. The molecule has 0 saturated heterocycles. The van der Waals surface area contributed by atoms with Crippen molar-refractivity contribution in [2.24, 2.45) is 0 Å². The van der Waals surface area contributed by atoms with Crippen LogP contribution in [0.4, 0.5) is 0 Å². The minimum absolute atomic E-state index is 0.124. The average molecular weight is 281 g/mol. The number of nitrogens with one attached hydrogen (secondary N) is 1. The number of rotatable bonds is 4. The summed E-state index contributed by atoms with van der Waals surface area (Å²) in [5.41, 5.74) is 1.02. The Morgan fingerprint density at radius 2 is 2.05 bits per heavy atom. The summed E-state index contributed by atoms with van der Waals surface area (Å²) in [7, 11) is 0. The van der Waals surface area contributed by atoms with Crippen LogP contribution in [0.25, 0.3) is 5.69 Å². The van der Waals surface area contributed by atoms with Gasteiger partial charge < -0.3 is 10.4 Å². The number of hydrogen-bond acceptors (Lipinski definition) is 4. The second-order valence-electron chi connectivity index (χ2n) is 3.78. The van der Waals surface area contributed by atoms with E-state index in [-0.39, 0.29) is 23.9 Å². The van der Waals surface area contributed by atoms with Gasteiger partial charge in [-0.05, 0) is 31.2 Å². The van der Waals surface area contributed by atoms with Crippen LogP contribution in [0.3, 0.4) is 0 Å². The lowest BCUT2D eigenvalue weighted by molar-refractivity contribution is 0.0947. The fourth-order valence-corrected chi connectivity index (χ4v) is 1.68. The number of aliphatic hydroxyl groups is 1. The Bertz CT molecular complexity index is 580. The van der Waals surface area contributed by atoms with Crippen molar-refractivity contribution in [1.29, 1.82) is 0 Å². The third-order valence-corrected chi connectivity index (χ3v) is 2.70. The zero-order valence-electron chi connectivity index (χ0n) is 10.3. The van der Waals surface area contributed by atoms with Gasteiger partial charge in [-0.15, -0.1) is 10.2 Å². The van der Waals surface area contributed by atoms with Gasteiger partial charge in [0, 0.05) is 11.6 Å². The highest BCUT2D eigenvalue weighted by Crippen LogP contribution is 2.13. The molecule has 1 heterocycles. The first kappa shape index (κ1) is 13.5. The number of carbonyl (C=O) groups is 1. The standard InChI is InChI=1S/C12H13ClN4O2/c1-2-14-12(19)11-10(7-18)15-17(16-11)9-5-3-8(13)4-6-9/h3-6,18H,2,7H2,1H3,(H,14,19). The molecule has 2 N–H and O–H groups in total. The van der Waals surface area contributed by atoms with E-state index in [1.807, 2.05) is 0 Å². The third-order valence-electron chi connectivity index (χ3n) is 2.44. The summed E-state index contributed by atoms with van der Waals surface area (Å²) in [6.45, 7) is 1.94. The highest BCUT2D eigenvalue weighted by atomic mass is 35.5. The van der Waals surface area contributed by atoms with E-state index in [2.05, 4.69) is 15.5 Å². The first-order valence-electron chi connectivity index (χ1n) is 5.77. The Balaban J connectivity index is 2.38. The quantitative estimate of drug-likeness (QED) is 0.881. The molecule has 6 nitrogen and oxygen atoms in total. The molecule has 0 radical (unpaired) electrons. The minimum Gasteiger partial charge on any atom is -0.390 e. The summed E-state index contributed by atoms with van der Waals surface area (Å²) in [5, 5.41) is 20.6. The van der Waals surface area contributed by atoms with Gasteiger partial charge in [-0.2, -0.15) is 4.80 Å². The second kappa shape index (κ2) is 5.81. The van der Waals surface area contributed by atoms with Crippen molar-refractivity contribution in [3.05, 3.63) is 40.7 Å². The Morgan fingerprint density at radius 3 is 2.63 bits per heavy atom. The van der Waals surface area contributed by atoms with Crippen molar-refractivity contribution >= 4 is 17.5 Å². The number of benzene rings is 1. The summed E-state index contributed by atoms with van der Waals surface area (Å²) in [6, 6.07) is 6.85. The van der Waals surface area contributed by atoms with Crippen LogP contribution < -0.4 is 5.32 Å². The Hall–Kier alpha value is -1.92. The van der Waals surface area contributed by atoms with Crippen molar-refractivity contribution in [2.45, 2.75) is 13.5 Å². The fourth-order valence-electron chi connectivity index (χ4n) is 1.55. The van der Waals surface area contributed by atoms with Crippen LogP contribution >= 0.6 is 11.6 Å². The predicted octanol–water partition coefficient (Wildman–Crippen LogP) is 1.16. The van der Waals surface area contributed by atoms with Crippen LogP contribution in [0.5, 0.6) is 0 Å². The zero-order chi connectivity index (χ0) is 13.8. The third kappa shape index (κ3) is 2.91. The summed E-state index contributed by atoms with van der Waals surface area (Å²) in [6.07, 6.45) is 0. The molecule has 100 valence electrons. The van der Waals surface area contributed by atoms with E-state index in [4.69, 9.17) is 11.6 Å². The number of aliphatic hydroxyl groups excluding tert-OH is 1. The summed E-state index contributed by atoms with van der Waals surface area (Å²) in [5.74, 6) is -0.355. The predicted molar refractivity (Wildman–Crippen MR) is 70.3 cm³/mol. The lowest BCUT2D eigenvalue weighted by Gasteiger charge is -1.99. The highest BCUT2D eigenvalue weighted by Gasteiger charge is 2.17. The van der Waals surface area contributed by atoms with Crippen molar-refractivity contribution in [3.63, 3.8) is 0 Å². The molecule has 2 rings (SSSR count). The van der Waals surface area contributed by atoms with Gasteiger partial charge in [0.15, 0.2) is 5.69 Å². The van der Waals surface area contributed by atoms with E-state index in [1.165, 1.54) is 4.80 Å². The molecule has 7 heteroatoms. The molecule has 0 aliphatic rings. The molecule has 0 unspecified atom stereocenters. The average Bonchev–Trinajstić information content (AvgIpc) is 2.84. The number of hydrogen-bond donors (Lipinski definition) is 2. The van der Waals surface area contributed by atoms with Gasteiger partial charge in [0.2, 0.25) is 0 Å². The molecule has 0 atom stereocenters. The summed E-state index contributed by atoms with van der Waals surface area (Å²) < 4.78 is 0. The smallest absolute Gasteiger partial charge is 0.273 e. The molecule has 1 aromatic carbocycles. The van der Waals surface area contributed by atoms with Crippen LogP contribution in [-0.2, 0) is 6.61 Å². The maximum absolute atomic E-state index is 11.8. The van der Waals surface area contributed by atoms with Crippen LogP contribution in [0.15, 0.2) is 24.3 Å². The lowest BCUT2D eigenvalue weighted by Crippen LogP contribution is -2.24. The molecular weight excluding hydrogens is 268 g/mol.